The number of esters is 1. The van der Waals surface area contributed by atoms with Gasteiger partial charge in [0.25, 0.3) is 5.91 Å². The van der Waals surface area contributed by atoms with Crippen LogP contribution in [-0.2, 0) is 14.3 Å². The van der Waals surface area contributed by atoms with Crippen LogP contribution in [0.4, 0.5) is 0 Å². The van der Waals surface area contributed by atoms with Crippen molar-refractivity contribution in [3.63, 3.8) is 0 Å². The van der Waals surface area contributed by atoms with E-state index in [1.807, 2.05) is 49.4 Å². The lowest BCUT2D eigenvalue weighted by Gasteiger charge is -2.16. The average Bonchev–Trinajstić information content (AvgIpc) is 3.18. The summed E-state index contributed by atoms with van der Waals surface area (Å²) in [5.74, 6) is -0.421. The molecule has 1 amide bonds. The molecule has 0 unspecified atom stereocenters. The lowest BCUT2D eigenvalue weighted by molar-refractivity contribution is -0.144. The fourth-order valence-corrected chi connectivity index (χ4v) is 2.71. The number of nitrogens with one attached hydrogen (secondary N) is 1. The number of fused-ring (bicyclic) bond motifs is 1. The van der Waals surface area contributed by atoms with Gasteiger partial charge in [-0.1, -0.05) is 42.5 Å². The lowest BCUT2D eigenvalue weighted by Crippen LogP contribution is -2.31. The second kappa shape index (κ2) is 8.16. The van der Waals surface area contributed by atoms with E-state index in [0.717, 1.165) is 16.3 Å². The maximum atomic E-state index is 12.1. The average molecular weight is 349 g/mol. The van der Waals surface area contributed by atoms with Gasteiger partial charge in [0.15, 0.2) is 6.61 Å². The van der Waals surface area contributed by atoms with E-state index in [1.54, 1.807) is 12.1 Å². The quantitative estimate of drug-likeness (QED) is 0.542. The Bertz CT molecular complexity index is 923. The number of rotatable bonds is 6. The molecule has 26 heavy (non-hydrogen) atoms. The Morgan fingerprint density at radius 1 is 1.12 bits per heavy atom. The number of carbonyl (C=O) groups excluding carboxylic acids is 2. The van der Waals surface area contributed by atoms with Gasteiger partial charge in [0.1, 0.15) is 5.76 Å². The van der Waals surface area contributed by atoms with Crippen LogP contribution in [0.15, 0.2) is 71.4 Å². The molecule has 0 aliphatic carbocycles. The molecule has 3 aromatic rings. The second-order valence-corrected chi connectivity index (χ2v) is 5.81. The maximum absolute atomic E-state index is 12.1. The molecule has 5 nitrogen and oxygen atoms in total. The van der Waals surface area contributed by atoms with Crippen molar-refractivity contribution in [1.29, 1.82) is 0 Å². The highest BCUT2D eigenvalue weighted by molar-refractivity contribution is 5.89. The van der Waals surface area contributed by atoms with Gasteiger partial charge in [-0.2, -0.15) is 0 Å². The van der Waals surface area contributed by atoms with Crippen LogP contribution in [0.3, 0.4) is 0 Å². The van der Waals surface area contributed by atoms with Crippen molar-refractivity contribution in [2.45, 2.75) is 13.0 Å². The van der Waals surface area contributed by atoms with Crippen LogP contribution in [0.25, 0.3) is 16.8 Å². The standard InChI is InChI=1S/C21H19NO4/c1-15(18-10-4-7-16-6-2-3-9-19(16)18)22-20(23)14-26-21(24)12-11-17-8-5-13-25-17/h2-13,15H,14H2,1H3,(H,22,23)/b12-11+/t15-/m1/s1. The lowest BCUT2D eigenvalue weighted by atomic mass is 10.00. The summed E-state index contributed by atoms with van der Waals surface area (Å²) >= 11 is 0. The molecule has 1 N–H and O–H groups in total. The van der Waals surface area contributed by atoms with Crippen molar-refractivity contribution in [2.75, 3.05) is 6.61 Å². The highest BCUT2D eigenvalue weighted by Gasteiger charge is 2.13. The van der Waals surface area contributed by atoms with Gasteiger partial charge in [-0.3, -0.25) is 4.79 Å². The fourth-order valence-electron chi connectivity index (χ4n) is 2.71. The first-order valence-electron chi connectivity index (χ1n) is 8.29. The predicted octanol–water partition coefficient (Wildman–Crippen LogP) is 3.87. The van der Waals surface area contributed by atoms with E-state index in [-0.39, 0.29) is 18.6 Å². The molecule has 0 fully saturated rings. The molecule has 1 atom stereocenters. The second-order valence-electron chi connectivity index (χ2n) is 5.81. The minimum absolute atomic E-state index is 0.203. The maximum Gasteiger partial charge on any atom is 0.331 e. The molecule has 0 radical (unpaired) electrons. The molecule has 0 saturated heterocycles. The molecule has 5 heteroatoms. The van der Waals surface area contributed by atoms with Crippen LogP contribution >= 0.6 is 0 Å². The van der Waals surface area contributed by atoms with E-state index >= 15 is 0 Å². The van der Waals surface area contributed by atoms with Crippen molar-refractivity contribution >= 4 is 28.7 Å². The summed E-state index contributed by atoms with van der Waals surface area (Å²) in [4.78, 5) is 23.7. The van der Waals surface area contributed by atoms with Gasteiger partial charge in [-0.05, 0) is 41.5 Å². The summed E-state index contributed by atoms with van der Waals surface area (Å²) in [7, 11) is 0. The summed E-state index contributed by atoms with van der Waals surface area (Å²) in [6, 6.07) is 17.2. The molecule has 0 spiro atoms. The Hall–Kier alpha value is -3.34. The summed E-state index contributed by atoms with van der Waals surface area (Å²) in [6.45, 7) is 1.56. The molecule has 0 aliphatic rings. The van der Waals surface area contributed by atoms with Crippen molar-refractivity contribution < 1.29 is 18.7 Å². The van der Waals surface area contributed by atoms with Crippen LogP contribution in [0.1, 0.15) is 24.3 Å². The van der Waals surface area contributed by atoms with Gasteiger partial charge < -0.3 is 14.5 Å². The zero-order valence-corrected chi connectivity index (χ0v) is 14.3. The Morgan fingerprint density at radius 3 is 2.73 bits per heavy atom. The van der Waals surface area contributed by atoms with Gasteiger partial charge in [0.05, 0.1) is 12.3 Å². The first-order valence-corrected chi connectivity index (χ1v) is 8.29. The number of hydrogen-bond donors (Lipinski definition) is 1. The number of ether oxygens (including phenoxy) is 1. The third-order valence-corrected chi connectivity index (χ3v) is 3.94. The number of amides is 1. The smallest absolute Gasteiger partial charge is 0.331 e. The minimum Gasteiger partial charge on any atom is -0.465 e. The zero-order chi connectivity index (χ0) is 18.4. The van der Waals surface area contributed by atoms with E-state index in [4.69, 9.17) is 9.15 Å². The van der Waals surface area contributed by atoms with Crippen LogP contribution in [0.5, 0.6) is 0 Å². The van der Waals surface area contributed by atoms with Crippen LogP contribution in [0.2, 0.25) is 0 Å². The van der Waals surface area contributed by atoms with Gasteiger partial charge >= 0.3 is 5.97 Å². The Balaban J connectivity index is 1.55. The molecule has 0 saturated carbocycles. The SMILES string of the molecule is C[C@@H](NC(=O)COC(=O)/C=C/c1ccco1)c1cccc2ccccc12. The van der Waals surface area contributed by atoms with Gasteiger partial charge in [0.2, 0.25) is 0 Å². The molecular weight excluding hydrogens is 330 g/mol. The van der Waals surface area contributed by atoms with Crippen LogP contribution in [0, 0.1) is 0 Å². The number of hydrogen-bond acceptors (Lipinski definition) is 4. The van der Waals surface area contributed by atoms with Gasteiger partial charge in [-0.25, -0.2) is 4.79 Å². The summed E-state index contributed by atoms with van der Waals surface area (Å²) < 4.78 is 10.0. The van der Waals surface area contributed by atoms with E-state index in [2.05, 4.69) is 5.32 Å². The molecule has 1 heterocycles. The Morgan fingerprint density at radius 2 is 1.92 bits per heavy atom. The van der Waals surface area contributed by atoms with Crippen molar-refractivity contribution in [3.8, 4) is 0 Å². The first-order chi connectivity index (χ1) is 12.6. The third kappa shape index (κ3) is 4.39. The van der Waals surface area contributed by atoms with E-state index in [0.29, 0.717) is 5.76 Å². The summed E-state index contributed by atoms with van der Waals surface area (Å²) in [5, 5.41) is 5.05. The Kier molecular flexibility index (Phi) is 5.49. The molecular formula is C21H19NO4. The highest BCUT2D eigenvalue weighted by atomic mass is 16.5. The molecule has 1 aromatic heterocycles. The van der Waals surface area contributed by atoms with Crippen LogP contribution in [-0.4, -0.2) is 18.5 Å². The number of benzene rings is 2. The predicted molar refractivity (Wildman–Crippen MR) is 99.2 cm³/mol. The summed E-state index contributed by atoms with van der Waals surface area (Å²) in [6.07, 6.45) is 4.21. The number of furan rings is 1. The molecule has 132 valence electrons. The molecule has 0 aliphatic heterocycles. The van der Waals surface area contributed by atoms with Crippen molar-refractivity contribution in [1.82, 2.24) is 5.32 Å². The summed E-state index contributed by atoms with van der Waals surface area (Å²) in [5.41, 5.74) is 1.01. The molecule has 0 bridgehead atoms. The van der Waals surface area contributed by atoms with Crippen molar-refractivity contribution in [2.24, 2.45) is 0 Å². The monoisotopic (exact) mass is 349 g/mol. The van der Waals surface area contributed by atoms with E-state index in [1.165, 1.54) is 18.4 Å². The van der Waals surface area contributed by atoms with Gasteiger partial charge in [0, 0.05) is 6.08 Å². The first kappa shape index (κ1) is 17.5. The molecule has 3 rings (SSSR count). The van der Waals surface area contributed by atoms with Crippen molar-refractivity contribution in [3.05, 3.63) is 78.3 Å². The minimum atomic E-state index is -0.602. The third-order valence-electron chi connectivity index (χ3n) is 3.94. The normalized spacial score (nSPS) is 12.2. The van der Waals surface area contributed by atoms with E-state index in [9.17, 15) is 9.59 Å². The van der Waals surface area contributed by atoms with Gasteiger partial charge in [-0.15, -0.1) is 0 Å². The zero-order valence-electron chi connectivity index (χ0n) is 14.3. The van der Waals surface area contributed by atoms with E-state index < -0.39 is 5.97 Å². The fraction of sp³-hybridized carbons (Fsp3) is 0.143. The molecule has 2 aromatic carbocycles. The number of carbonyl (C=O) groups is 2. The van der Waals surface area contributed by atoms with Crippen LogP contribution < -0.4 is 5.32 Å². The topological polar surface area (TPSA) is 68.5 Å². The highest BCUT2D eigenvalue weighted by Crippen LogP contribution is 2.23. The Labute approximate surface area is 151 Å². The largest absolute Gasteiger partial charge is 0.465 e.